The van der Waals surface area contributed by atoms with Crippen LogP contribution in [0.2, 0.25) is 0 Å². The second kappa shape index (κ2) is 5.74. The Morgan fingerprint density at radius 1 is 1.00 bits per heavy atom. The Balaban J connectivity index is 1.90. The van der Waals surface area contributed by atoms with Gasteiger partial charge in [0, 0.05) is 43.0 Å². The molecular formula is C21H26N4O. The maximum atomic E-state index is 6.40. The molecular weight excluding hydrogens is 324 g/mol. The highest BCUT2D eigenvalue weighted by Gasteiger charge is 2.46. The van der Waals surface area contributed by atoms with Crippen molar-refractivity contribution in [3.05, 3.63) is 59.7 Å². The van der Waals surface area contributed by atoms with Gasteiger partial charge in [-0.3, -0.25) is 0 Å². The normalized spacial score (nSPS) is 22.0. The van der Waals surface area contributed by atoms with Gasteiger partial charge in [-0.25, -0.2) is 14.9 Å². The summed E-state index contributed by atoms with van der Waals surface area (Å²) in [4.78, 5) is 13.7. The maximum Gasteiger partial charge on any atom is 0.221 e. The van der Waals surface area contributed by atoms with E-state index in [0.717, 1.165) is 17.2 Å². The van der Waals surface area contributed by atoms with E-state index < -0.39 is 5.72 Å². The summed E-state index contributed by atoms with van der Waals surface area (Å²) in [6.07, 6.45) is 0.685. The number of rotatable bonds is 0. The number of guanidine groups is 1. The van der Waals surface area contributed by atoms with Gasteiger partial charge in [0.2, 0.25) is 11.7 Å². The molecule has 0 amide bonds. The lowest BCUT2D eigenvalue weighted by Gasteiger charge is -2.28. The third-order valence-corrected chi connectivity index (χ3v) is 4.83. The molecule has 26 heavy (non-hydrogen) atoms. The molecule has 0 saturated heterocycles. The average molecular weight is 350 g/mol. The zero-order chi connectivity index (χ0) is 18.5. The molecule has 2 aromatic rings. The second-order valence-corrected chi connectivity index (χ2v) is 8.07. The minimum atomic E-state index is -0.764. The summed E-state index contributed by atoms with van der Waals surface area (Å²) >= 11 is 0. The molecule has 1 N–H and O–H groups in total. The van der Waals surface area contributed by atoms with E-state index >= 15 is 0 Å². The largest absolute Gasteiger partial charge is 0.350 e. The van der Waals surface area contributed by atoms with Crippen LogP contribution < -0.4 is 10.2 Å². The fourth-order valence-electron chi connectivity index (χ4n) is 3.72. The number of hydrogen-bond donors (Lipinski definition) is 1. The van der Waals surface area contributed by atoms with Gasteiger partial charge < -0.3 is 10.2 Å². The lowest BCUT2D eigenvalue weighted by molar-refractivity contribution is -0.172. The van der Waals surface area contributed by atoms with E-state index in [2.05, 4.69) is 86.6 Å². The summed E-state index contributed by atoms with van der Waals surface area (Å²) < 4.78 is 0. The van der Waals surface area contributed by atoms with Crippen LogP contribution in [0.25, 0.3) is 0 Å². The van der Waals surface area contributed by atoms with Crippen molar-refractivity contribution >= 4 is 17.3 Å². The van der Waals surface area contributed by atoms with Gasteiger partial charge in [0.15, 0.2) is 0 Å². The van der Waals surface area contributed by atoms with E-state index in [0.29, 0.717) is 6.42 Å². The van der Waals surface area contributed by atoms with Crippen molar-refractivity contribution in [2.45, 2.75) is 38.5 Å². The van der Waals surface area contributed by atoms with Crippen molar-refractivity contribution in [1.82, 2.24) is 10.4 Å². The predicted molar refractivity (Wildman–Crippen MR) is 106 cm³/mol. The lowest BCUT2D eigenvalue weighted by Crippen LogP contribution is -2.46. The molecule has 1 spiro atoms. The number of nitrogens with one attached hydrogen (secondary N) is 1. The molecule has 0 fully saturated rings. The Morgan fingerprint density at radius 2 is 1.65 bits per heavy atom. The predicted octanol–water partition coefficient (Wildman–Crippen LogP) is 3.78. The van der Waals surface area contributed by atoms with E-state index in [1.54, 1.807) is 5.06 Å². The minimum absolute atomic E-state index is 0.0963. The van der Waals surface area contributed by atoms with E-state index in [9.17, 15) is 0 Å². The van der Waals surface area contributed by atoms with Gasteiger partial charge in [-0.1, -0.05) is 36.4 Å². The zero-order valence-electron chi connectivity index (χ0n) is 16.1. The van der Waals surface area contributed by atoms with Crippen LogP contribution in [0.3, 0.4) is 0 Å². The van der Waals surface area contributed by atoms with E-state index in [1.165, 1.54) is 11.3 Å². The fraction of sp³-hybridized carbons (Fsp3) is 0.381. The molecule has 136 valence electrons. The number of hydrogen-bond acceptors (Lipinski definition) is 5. The summed E-state index contributed by atoms with van der Waals surface area (Å²) in [7, 11) is 4.02. The van der Waals surface area contributed by atoms with Crippen LogP contribution >= 0.6 is 0 Å². The smallest absolute Gasteiger partial charge is 0.221 e. The lowest BCUT2D eigenvalue weighted by atomic mass is 9.95. The molecule has 0 aromatic heterocycles. The van der Waals surface area contributed by atoms with Gasteiger partial charge in [0.25, 0.3) is 0 Å². The van der Waals surface area contributed by atoms with Crippen molar-refractivity contribution < 1.29 is 4.84 Å². The number of nitrogens with zero attached hydrogens (tertiary/aromatic N) is 3. The molecule has 1 unspecified atom stereocenters. The van der Waals surface area contributed by atoms with Crippen molar-refractivity contribution in [3.8, 4) is 0 Å². The summed E-state index contributed by atoms with van der Waals surface area (Å²) in [6, 6.07) is 16.8. The van der Waals surface area contributed by atoms with Crippen molar-refractivity contribution in [3.63, 3.8) is 0 Å². The molecule has 0 radical (unpaired) electrons. The van der Waals surface area contributed by atoms with Crippen LogP contribution in [0.15, 0.2) is 53.5 Å². The molecule has 2 aliphatic rings. The Hall–Kier alpha value is -2.53. The summed E-state index contributed by atoms with van der Waals surface area (Å²) in [5.41, 5.74) is 3.75. The van der Waals surface area contributed by atoms with Crippen molar-refractivity contribution in [2.75, 3.05) is 19.0 Å². The molecule has 2 heterocycles. The molecule has 4 rings (SSSR count). The van der Waals surface area contributed by atoms with Crippen LogP contribution in [0, 0.1) is 0 Å². The first kappa shape index (κ1) is 16.9. The van der Waals surface area contributed by atoms with Crippen molar-refractivity contribution in [2.24, 2.45) is 4.99 Å². The first-order chi connectivity index (χ1) is 12.3. The molecule has 1 atom stereocenters. The number of para-hydroxylation sites is 2. The van der Waals surface area contributed by atoms with Crippen LogP contribution in [-0.2, 0) is 17.0 Å². The van der Waals surface area contributed by atoms with Gasteiger partial charge in [-0.15, -0.1) is 0 Å². The maximum absolute atomic E-state index is 6.40. The highest BCUT2D eigenvalue weighted by Crippen LogP contribution is 2.46. The second-order valence-electron chi connectivity index (χ2n) is 8.07. The highest BCUT2D eigenvalue weighted by molar-refractivity contribution is 5.82. The van der Waals surface area contributed by atoms with Gasteiger partial charge in [-0.2, -0.15) is 0 Å². The van der Waals surface area contributed by atoms with Crippen LogP contribution in [-0.4, -0.2) is 30.7 Å². The number of aliphatic imine (C=N–C) groups is 1. The fourth-order valence-corrected chi connectivity index (χ4v) is 3.72. The highest BCUT2D eigenvalue weighted by atomic mass is 16.7. The Bertz CT molecular complexity index is 870. The van der Waals surface area contributed by atoms with Gasteiger partial charge in [-0.05, 0) is 38.5 Å². The third-order valence-electron chi connectivity index (χ3n) is 4.83. The molecule has 5 heteroatoms. The van der Waals surface area contributed by atoms with E-state index in [-0.39, 0.29) is 5.54 Å². The standard InChI is InChI=1S/C21H26N4O/c1-20(2,3)22-19-23-21(26-25(19)5)14-15-10-6-8-12-17(15)24(4)18-13-9-7-11-16(18)21/h6-13H,14H2,1-5H3,(H,22,23). The third kappa shape index (κ3) is 2.72. The first-order valence-electron chi connectivity index (χ1n) is 9.01. The van der Waals surface area contributed by atoms with Crippen LogP contribution in [0.1, 0.15) is 31.9 Å². The Labute approximate surface area is 155 Å². The summed E-state index contributed by atoms with van der Waals surface area (Å²) in [6.45, 7) is 6.37. The average Bonchev–Trinajstić information content (AvgIpc) is 2.84. The molecule has 2 aromatic carbocycles. The number of benzene rings is 2. The van der Waals surface area contributed by atoms with Crippen LogP contribution in [0.4, 0.5) is 11.4 Å². The first-order valence-corrected chi connectivity index (χ1v) is 9.01. The van der Waals surface area contributed by atoms with Crippen LogP contribution in [0.5, 0.6) is 0 Å². The Kier molecular flexibility index (Phi) is 3.74. The molecule has 0 bridgehead atoms. The topological polar surface area (TPSA) is 40.1 Å². The number of hydroxylamine groups is 2. The van der Waals surface area contributed by atoms with Gasteiger partial charge >= 0.3 is 0 Å². The number of fused-ring (bicyclic) bond motifs is 3. The monoisotopic (exact) mass is 350 g/mol. The minimum Gasteiger partial charge on any atom is -0.350 e. The quantitative estimate of drug-likeness (QED) is 0.785. The van der Waals surface area contributed by atoms with E-state index in [4.69, 9.17) is 9.83 Å². The molecule has 2 aliphatic heterocycles. The zero-order valence-corrected chi connectivity index (χ0v) is 16.1. The molecule has 5 nitrogen and oxygen atoms in total. The van der Waals surface area contributed by atoms with Gasteiger partial charge in [0.05, 0.1) is 0 Å². The number of anilines is 2. The van der Waals surface area contributed by atoms with Crippen molar-refractivity contribution in [1.29, 1.82) is 0 Å². The Morgan fingerprint density at radius 3 is 2.38 bits per heavy atom. The summed E-state index contributed by atoms with van der Waals surface area (Å²) in [5.74, 6) is 0.759. The van der Waals surface area contributed by atoms with Gasteiger partial charge in [0.1, 0.15) is 0 Å². The SMILES string of the molecule is CN1OC2(Cc3ccccc3N(C)c3ccccc32)N=C1NC(C)(C)C. The summed E-state index contributed by atoms with van der Waals surface area (Å²) in [5, 5.41) is 5.22. The molecule has 0 saturated carbocycles. The molecule has 0 aliphatic carbocycles. The van der Waals surface area contributed by atoms with E-state index in [1.807, 2.05) is 7.05 Å².